The lowest BCUT2D eigenvalue weighted by Crippen LogP contribution is -2.15. The van der Waals surface area contributed by atoms with Crippen LogP contribution in [0.3, 0.4) is 0 Å². The lowest BCUT2D eigenvalue weighted by Gasteiger charge is -2.10. The molecule has 3 aromatic carbocycles. The molecule has 0 heterocycles. The van der Waals surface area contributed by atoms with Crippen LogP contribution < -0.4 is 15.4 Å². The van der Waals surface area contributed by atoms with Crippen LogP contribution in [0, 0.1) is 13.8 Å². The molecule has 0 unspecified atom stereocenters. The Morgan fingerprint density at radius 2 is 1.32 bits per heavy atom. The minimum absolute atomic E-state index is 0.212. The molecular formula is C23H22N2O3. The third-order valence-corrected chi connectivity index (χ3v) is 4.40. The van der Waals surface area contributed by atoms with Crippen LogP contribution in [0.4, 0.5) is 11.4 Å². The summed E-state index contributed by atoms with van der Waals surface area (Å²) in [5.74, 6) is 0.264. The maximum Gasteiger partial charge on any atom is 0.255 e. The molecule has 2 N–H and O–H groups in total. The molecule has 142 valence electrons. The fourth-order valence-corrected chi connectivity index (χ4v) is 2.72. The number of methoxy groups -OCH3 is 1. The Balaban J connectivity index is 1.67. The van der Waals surface area contributed by atoms with Gasteiger partial charge < -0.3 is 15.4 Å². The van der Waals surface area contributed by atoms with Crippen LogP contribution in [0.1, 0.15) is 31.8 Å². The van der Waals surface area contributed by atoms with Gasteiger partial charge in [0.2, 0.25) is 0 Å². The van der Waals surface area contributed by atoms with Gasteiger partial charge in [-0.15, -0.1) is 0 Å². The second kappa shape index (κ2) is 8.39. The molecule has 5 nitrogen and oxygen atoms in total. The average molecular weight is 374 g/mol. The molecule has 5 heteroatoms. The van der Waals surface area contributed by atoms with E-state index < -0.39 is 0 Å². The van der Waals surface area contributed by atoms with Gasteiger partial charge in [0.05, 0.1) is 7.11 Å². The SMILES string of the molecule is COc1ccc(NC(=O)c2ccc(C(=O)Nc3cc(C)ccc3C)cc2)cc1. The van der Waals surface area contributed by atoms with E-state index in [0.29, 0.717) is 16.8 Å². The van der Waals surface area contributed by atoms with Crippen molar-refractivity contribution in [2.75, 3.05) is 17.7 Å². The van der Waals surface area contributed by atoms with Gasteiger partial charge in [-0.25, -0.2) is 0 Å². The number of carbonyl (C=O) groups excluding carboxylic acids is 2. The highest BCUT2D eigenvalue weighted by Crippen LogP contribution is 2.18. The predicted molar refractivity (Wildman–Crippen MR) is 111 cm³/mol. The summed E-state index contributed by atoms with van der Waals surface area (Å²) >= 11 is 0. The van der Waals surface area contributed by atoms with Gasteiger partial charge >= 0.3 is 0 Å². The third kappa shape index (κ3) is 4.57. The van der Waals surface area contributed by atoms with Crippen molar-refractivity contribution >= 4 is 23.2 Å². The average Bonchev–Trinajstić information content (AvgIpc) is 2.71. The Labute approximate surface area is 164 Å². The van der Waals surface area contributed by atoms with Crippen LogP contribution in [0.15, 0.2) is 66.7 Å². The Morgan fingerprint density at radius 3 is 1.89 bits per heavy atom. The number of amides is 2. The summed E-state index contributed by atoms with van der Waals surface area (Å²) in [6.45, 7) is 3.92. The van der Waals surface area contributed by atoms with Gasteiger partial charge in [-0.3, -0.25) is 9.59 Å². The monoisotopic (exact) mass is 374 g/mol. The second-order valence-corrected chi connectivity index (χ2v) is 6.53. The van der Waals surface area contributed by atoms with Gasteiger partial charge in [0, 0.05) is 22.5 Å². The van der Waals surface area contributed by atoms with Crippen LogP contribution >= 0.6 is 0 Å². The van der Waals surface area contributed by atoms with E-state index in [1.54, 1.807) is 55.6 Å². The summed E-state index contributed by atoms with van der Waals surface area (Å²) in [6, 6.07) is 19.5. The topological polar surface area (TPSA) is 67.4 Å². The van der Waals surface area contributed by atoms with Gasteiger partial charge in [0.15, 0.2) is 0 Å². The minimum Gasteiger partial charge on any atom is -0.497 e. The first-order valence-electron chi connectivity index (χ1n) is 8.90. The predicted octanol–water partition coefficient (Wildman–Crippen LogP) is 4.82. The van der Waals surface area contributed by atoms with Gasteiger partial charge in [0.25, 0.3) is 11.8 Å². The number of rotatable bonds is 5. The zero-order valence-electron chi connectivity index (χ0n) is 16.1. The Kier molecular flexibility index (Phi) is 5.75. The van der Waals surface area contributed by atoms with Crippen molar-refractivity contribution in [2.24, 2.45) is 0 Å². The lowest BCUT2D eigenvalue weighted by atomic mass is 10.1. The van der Waals surface area contributed by atoms with Crippen LogP contribution in [0.25, 0.3) is 0 Å². The first-order chi connectivity index (χ1) is 13.5. The summed E-state index contributed by atoms with van der Waals surface area (Å²) in [7, 11) is 1.59. The first-order valence-corrected chi connectivity index (χ1v) is 8.90. The fraction of sp³-hybridized carbons (Fsp3) is 0.130. The molecule has 0 atom stereocenters. The van der Waals surface area contributed by atoms with Gasteiger partial charge in [-0.05, 0) is 79.6 Å². The Hall–Kier alpha value is -3.60. The molecule has 3 aromatic rings. The number of hydrogen-bond donors (Lipinski definition) is 2. The number of carbonyl (C=O) groups is 2. The van der Waals surface area contributed by atoms with Crippen LogP contribution in [0.5, 0.6) is 5.75 Å². The third-order valence-electron chi connectivity index (χ3n) is 4.40. The van der Waals surface area contributed by atoms with Crippen molar-refractivity contribution in [3.8, 4) is 5.75 Å². The molecule has 0 saturated heterocycles. The standard InChI is InChI=1S/C23H22N2O3/c1-15-4-5-16(2)21(14-15)25-23(27)18-8-6-17(7-9-18)22(26)24-19-10-12-20(28-3)13-11-19/h4-14H,1-3H3,(H,24,26)(H,25,27). The highest BCUT2D eigenvalue weighted by Gasteiger charge is 2.11. The van der Waals surface area contributed by atoms with Crippen molar-refractivity contribution in [3.63, 3.8) is 0 Å². The first kappa shape index (κ1) is 19.2. The minimum atomic E-state index is -0.244. The van der Waals surface area contributed by atoms with Gasteiger partial charge in [-0.1, -0.05) is 12.1 Å². The number of benzene rings is 3. The molecule has 0 saturated carbocycles. The van der Waals surface area contributed by atoms with Crippen molar-refractivity contribution in [1.82, 2.24) is 0 Å². The quantitative estimate of drug-likeness (QED) is 0.673. The molecule has 0 aromatic heterocycles. The van der Waals surface area contributed by atoms with Crippen molar-refractivity contribution in [2.45, 2.75) is 13.8 Å². The van der Waals surface area contributed by atoms with Crippen molar-refractivity contribution < 1.29 is 14.3 Å². The van der Waals surface area contributed by atoms with Crippen LogP contribution in [-0.2, 0) is 0 Å². The van der Waals surface area contributed by atoms with E-state index in [2.05, 4.69) is 10.6 Å². The molecule has 3 rings (SSSR count). The number of nitrogens with one attached hydrogen (secondary N) is 2. The van der Waals surface area contributed by atoms with Gasteiger partial charge in [0.1, 0.15) is 5.75 Å². The molecule has 0 fully saturated rings. The zero-order chi connectivity index (χ0) is 20.1. The number of hydrogen-bond acceptors (Lipinski definition) is 3. The molecule has 0 aliphatic carbocycles. The highest BCUT2D eigenvalue weighted by atomic mass is 16.5. The van der Waals surface area contributed by atoms with E-state index in [9.17, 15) is 9.59 Å². The van der Waals surface area contributed by atoms with E-state index in [1.165, 1.54) is 0 Å². The van der Waals surface area contributed by atoms with E-state index in [4.69, 9.17) is 4.74 Å². The lowest BCUT2D eigenvalue weighted by molar-refractivity contribution is 0.101. The molecule has 0 radical (unpaired) electrons. The maximum atomic E-state index is 12.5. The molecular weight excluding hydrogens is 352 g/mol. The summed E-state index contributed by atoms with van der Waals surface area (Å²) in [6.07, 6.45) is 0. The zero-order valence-corrected chi connectivity index (χ0v) is 16.1. The molecule has 28 heavy (non-hydrogen) atoms. The van der Waals surface area contributed by atoms with E-state index in [-0.39, 0.29) is 11.8 Å². The maximum absolute atomic E-state index is 12.5. The smallest absolute Gasteiger partial charge is 0.255 e. The van der Waals surface area contributed by atoms with Crippen molar-refractivity contribution in [1.29, 1.82) is 0 Å². The largest absolute Gasteiger partial charge is 0.497 e. The van der Waals surface area contributed by atoms with Crippen molar-refractivity contribution in [3.05, 3.63) is 89.0 Å². The highest BCUT2D eigenvalue weighted by molar-refractivity contribution is 6.07. The second-order valence-electron chi connectivity index (χ2n) is 6.53. The molecule has 2 amide bonds. The Bertz CT molecular complexity index is 993. The van der Waals surface area contributed by atoms with Gasteiger partial charge in [-0.2, -0.15) is 0 Å². The summed E-state index contributed by atoms with van der Waals surface area (Å²) in [4.78, 5) is 24.9. The summed E-state index contributed by atoms with van der Waals surface area (Å²) in [5, 5.41) is 5.73. The Morgan fingerprint density at radius 1 is 0.750 bits per heavy atom. The van der Waals surface area contributed by atoms with Crippen LogP contribution in [-0.4, -0.2) is 18.9 Å². The number of aryl methyl sites for hydroxylation is 2. The molecule has 0 aliphatic heterocycles. The molecule has 0 aliphatic rings. The van der Waals surface area contributed by atoms with Crippen LogP contribution in [0.2, 0.25) is 0 Å². The normalized spacial score (nSPS) is 10.2. The number of anilines is 2. The van der Waals surface area contributed by atoms with E-state index in [0.717, 1.165) is 22.6 Å². The molecule has 0 bridgehead atoms. The number of ether oxygens (including phenoxy) is 1. The van der Waals surface area contributed by atoms with E-state index in [1.807, 2.05) is 32.0 Å². The summed E-state index contributed by atoms with van der Waals surface area (Å²) < 4.78 is 5.10. The van der Waals surface area contributed by atoms with E-state index >= 15 is 0 Å². The summed E-state index contributed by atoms with van der Waals surface area (Å²) in [5.41, 5.74) is 4.48. The fourth-order valence-electron chi connectivity index (χ4n) is 2.72. The molecule has 0 spiro atoms.